The second kappa shape index (κ2) is 8.73. The molecule has 3 aromatic heterocycles. The normalized spacial score (nSPS) is 13.9. The summed E-state index contributed by atoms with van der Waals surface area (Å²) in [5.74, 6) is -1.33. The average Bonchev–Trinajstić information content (AvgIpc) is 3.57. The Kier molecular flexibility index (Phi) is 5.25. The Hall–Kier alpha value is -4.86. The minimum absolute atomic E-state index is 0.0805. The Labute approximate surface area is 205 Å². The number of Topliss-reactive ketones (excluding diaryl/α,β-unsaturated/α-hetero) is 1. The number of pyridine rings is 1. The minimum atomic E-state index is -0.641. The minimum Gasteiger partial charge on any atom is -0.357 e. The molecular weight excluding hydrogens is 458 g/mol. The van der Waals surface area contributed by atoms with Gasteiger partial charge in [-0.25, -0.2) is 4.68 Å². The van der Waals surface area contributed by atoms with Gasteiger partial charge in [0.15, 0.2) is 0 Å². The monoisotopic (exact) mass is 479 g/mol. The molecule has 1 saturated heterocycles. The summed E-state index contributed by atoms with van der Waals surface area (Å²) < 4.78 is 1.68. The first kappa shape index (κ1) is 21.7. The summed E-state index contributed by atoms with van der Waals surface area (Å²) >= 11 is 0. The standard InChI is InChI=1S/C26H21N7O3/c34-24(26(36)32-14-12-31(13-15-32)25(35)17-6-2-1-3-7-17)18-16-28-23-21(10-11-27-22(18)23)33-20-9-5-4-8-19(20)29-30-33/h1-11,16,28H,12-15H2. The first-order valence-electron chi connectivity index (χ1n) is 11.6. The number of fused-ring (bicyclic) bond motifs is 2. The van der Waals surface area contributed by atoms with Gasteiger partial charge in [0.25, 0.3) is 17.6 Å². The summed E-state index contributed by atoms with van der Waals surface area (Å²) in [5.41, 5.74) is 4.01. The first-order valence-corrected chi connectivity index (χ1v) is 11.6. The van der Waals surface area contributed by atoms with E-state index in [0.717, 1.165) is 11.0 Å². The second-order valence-corrected chi connectivity index (χ2v) is 8.53. The number of para-hydroxylation sites is 1. The lowest BCUT2D eigenvalue weighted by molar-refractivity contribution is -0.127. The Morgan fingerprint density at radius 2 is 1.56 bits per heavy atom. The lowest BCUT2D eigenvalue weighted by Crippen LogP contribution is -2.52. The molecule has 36 heavy (non-hydrogen) atoms. The fourth-order valence-corrected chi connectivity index (χ4v) is 4.54. The average molecular weight is 480 g/mol. The van der Waals surface area contributed by atoms with Gasteiger partial charge >= 0.3 is 0 Å². The van der Waals surface area contributed by atoms with Crippen LogP contribution in [0, 0.1) is 0 Å². The Bertz CT molecular complexity index is 1610. The van der Waals surface area contributed by atoms with Gasteiger partial charge in [0.2, 0.25) is 0 Å². The van der Waals surface area contributed by atoms with Gasteiger partial charge in [-0.15, -0.1) is 5.10 Å². The molecule has 0 unspecified atom stereocenters. The van der Waals surface area contributed by atoms with E-state index in [-0.39, 0.29) is 24.6 Å². The molecule has 10 nitrogen and oxygen atoms in total. The van der Waals surface area contributed by atoms with Crippen LogP contribution in [-0.2, 0) is 4.79 Å². The zero-order chi connectivity index (χ0) is 24.6. The molecule has 0 atom stereocenters. The van der Waals surface area contributed by atoms with Gasteiger partial charge in [0.05, 0.1) is 22.3 Å². The van der Waals surface area contributed by atoms with Crippen LogP contribution in [0.4, 0.5) is 0 Å². The maximum Gasteiger partial charge on any atom is 0.295 e. The molecule has 0 saturated carbocycles. The van der Waals surface area contributed by atoms with Crippen molar-refractivity contribution in [1.82, 2.24) is 34.8 Å². The van der Waals surface area contributed by atoms with Gasteiger partial charge < -0.3 is 14.8 Å². The molecular formula is C26H21N7O3. The van der Waals surface area contributed by atoms with E-state index in [4.69, 9.17) is 0 Å². The van der Waals surface area contributed by atoms with Gasteiger partial charge in [-0.1, -0.05) is 35.5 Å². The largest absolute Gasteiger partial charge is 0.357 e. The molecule has 0 bridgehead atoms. The number of nitrogens with one attached hydrogen (secondary N) is 1. The smallest absolute Gasteiger partial charge is 0.295 e. The summed E-state index contributed by atoms with van der Waals surface area (Å²) in [7, 11) is 0. The van der Waals surface area contributed by atoms with Crippen LogP contribution in [0.1, 0.15) is 20.7 Å². The molecule has 0 spiro atoms. The van der Waals surface area contributed by atoms with Crippen molar-refractivity contribution in [3.63, 3.8) is 0 Å². The Morgan fingerprint density at radius 1 is 0.833 bits per heavy atom. The van der Waals surface area contributed by atoms with E-state index in [0.29, 0.717) is 35.4 Å². The zero-order valence-corrected chi connectivity index (χ0v) is 19.2. The number of piperazine rings is 1. The highest BCUT2D eigenvalue weighted by atomic mass is 16.2. The molecule has 4 heterocycles. The number of H-pyrrole nitrogens is 1. The number of amides is 2. The van der Waals surface area contributed by atoms with Crippen molar-refractivity contribution in [2.24, 2.45) is 0 Å². The third kappa shape index (κ3) is 3.59. The van der Waals surface area contributed by atoms with Crippen molar-refractivity contribution in [3.05, 3.63) is 84.2 Å². The van der Waals surface area contributed by atoms with E-state index in [1.807, 2.05) is 42.5 Å². The van der Waals surface area contributed by atoms with E-state index < -0.39 is 11.7 Å². The van der Waals surface area contributed by atoms with E-state index in [2.05, 4.69) is 20.3 Å². The predicted molar refractivity (Wildman–Crippen MR) is 132 cm³/mol. The second-order valence-electron chi connectivity index (χ2n) is 8.53. The number of carbonyl (C=O) groups excluding carboxylic acids is 3. The number of hydrogen-bond donors (Lipinski definition) is 1. The van der Waals surface area contributed by atoms with Gasteiger partial charge in [-0.3, -0.25) is 19.4 Å². The maximum absolute atomic E-state index is 13.2. The number of aromatic amines is 1. The van der Waals surface area contributed by atoms with Crippen LogP contribution >= 0.6 is 0 Å². The van der Waals surface area contributed by atoms with E-state index in [9.17, 15) is 14.4 Å². The highest BCUT2D eigenvalue weighted by Gasteiger charge is 2.30. The number of benzene rings is 2. The third-order valence-corrected chi connectivity index (χ3v) is 6.44. The molecule has 1 fully saturated rings. The zero-order valence-electron chi connectivity index (χ0n) is 19.2. The topological polar surface area (TPSA) is 117 Å². The molecule has 1 aliphatic rings. The Balaban J connectivity index is 1.22. The van der Waals surface area contributed by atoms with E-state index in [1.165, 1.54) is 11.1 Å². The van der Waals surface area contributed by atoms with E-state index in [1.54, 1.807) is 34.0 Å². The van der Waals surface area contributed by atoms with Crippen molar-refractivity contribution in [2.45, 2.75) is 0 Å². The highest BCUT2D eigenvalue weighted by molar-refractivity contribution is 6.44. The first-order chi connectivity index (χ1) is 17.6. The van der Waals surface area contributed by atoms with Crippen molar-refractivity contribution in [1.29, 1.82) is 0 Å². The molecule has 1 N–H and O–H groups in total. The summed E-state index contributed by atoms with van der Waals surface area (Å²) in [6, 6.07) is 18.4. The number of ketones is 1. The number of rotatable bonds is 4. The summed E-state index contributed by atoms with van der Waals surface area (Å²) in [6.45, 7) is 1.30. The molecule has 0 radical (unpaired) electrons. The molecule has 178 valence electrons. The number of aromatic nitrogens is 5. The SMILES string of the molecule is O=C(C(=O)N1CCN(C(=O)c2ccccc2)CC1)c1c[nH]c2c(-n3nnc4ccccc43)ccnc12. The molecule has 0 aliphatic carbocycles. The highest BCUT2D eigenvalue weighted by Crippen LogP contribution is 2.25. The van der Waals surface area contributed by atoms with Crippen LogP contribution in [0.2, 0.25) is 0 Å². The number of nitrogens with zero attached hydrogens (tertiary/aromatic N) is 6. The molecule has 2 amide bonds. The van der Waals surface area contributed by atoms with Crippen LogP contribution < -0.4 is 0 Å². The summed E-state index contributed by atoms with van der Waals surface area (Å²) in [5, 5.41) is 8.44. The molecule has 1 aliphatic heterocycles. The fraction of sp³-hybridized carbons (Fsp3) is 0.154. The Morgan fingerprint density at radius 3 is 2.36 bits per heavy atom. The van der Waals surface area contributed by atoms with Crippen molar-refractivity contribution >= 4 is 39.7 Å². The van der Waals surface area contributed by atoms with Crippen LogP contribution in [0.5, 0.6) is 0 Å². The van der Waals surface area contributed by atoms with Gasteiger partial charge in [-0.2, -0.15) is 0 Å². The van der Waals surface area contributed by atoms with Crippen LogP contribution in [0.15, 0.2) is 73.1 Å². The van der Waals surface area contributed by atoms with Crippen LogP contribution in [-0.4, -0.2) is 78.5 Å². The fourth-order valence-electron chi connectivity index (χ4n) is 4.54. The lowest BCUT2D eigenvalue weighted by Gasteiger charge is -2.34. The van der Waals surface area contributed by atoms with E-state index >= 15 is 0 Å². The third-order valence-electron chi connectivity index (χ3n) is 6.44. The van der Waals surface area contributed by atoms with Crippen molar-refractivity contribution in [2.75, 3.05) is 26.2 Å². The van der Waals surface area contributed by atoms with Gasteiger partial charge in [0, 0.05) is 44.1 Å². The molecule has 10 heteroatoms. The predicted octanol–water partition coefficient (Wildman–Crippen LogP) is 2.46. The van der Waals surface area contributed by atoms with Crippen molar-refractivity contribution < 1.29 is 14.4 Å². The lowest BCUT2D eigenvalue weighted by atomic mass is 10.1. The van der Waals surface area contributed by atoms with Gasteiger partial charge in [-0.05, 0) is 30.3 Å². The molecule has 5 aromatic rings. The van der Waals surface area contributed by atoms with Crippen LogP contribution in [0.25, 0.3) is 27.8 Å². The van der Waals surface area contributed by atoms with Gasteiger partial charge in [0.1, 0.15) is 11.0 Å². The quantitative estimate of drug-likeness (QED) is 0.313. The van der Waals surface area contributed by atoms with Crippen LogP contribution in [0.3, 0.4) is 0 Å². The number of carbonyl (C=O) groups is 3. The molecule has 6 rings (SSSR count). The number of hydrogen-bond acceptors (Lipinski definition) is 6. The summed E-state index contributed by atoms with van der Waals surface area (Å²) in [4.78, 5) is 49.6. The molecule has 2 aromatic carbocycles. The van der Waals surface area contributed by atoms with Crippen molar-refractivity contribution in [3.8, 4) is 5.69 Å². The maximum atomic E-state index is 13.2. The summed E-state index contributed by atoms with van der Waals surface area (Å²) in [6.07, 6.45) is 3.09.